The van der Waals surface area contributed by atoms with Crippen molar-refractivity contribution in [2.75, 3.05) is 6.54 Å². The minimum Gasteiger partial charge on any atom is -0.293 e. The van der Waals surface area contributed by atoms with Crippen molar-refractivity contribution in [3.8, 4) is 0 Å². The lowest BCUT2D eigenvalue weighted by Gasteiger charge is -2.17. The smallest absolute Gasteiger partial charge is 0.252 e. The number of nitrogens with zero attached hydrogens (tertiary/aromatic N) is 1. The normalized spacial score (nSPS) is 17.2. The molecule has 3 heteroatoms. The van der Waals surface area contributed by atoms with Crippen molar-refractivity contribution in [2.24, 2.45) is 5.92 Å². The summed E-state index contributed by atoms with van der Waals surface area (Å²) in [5, 5.41) is 7.35. The first-order valence-electron chi connectivity index (χ1n) is 3.69. The van der Waals surface area contributed by atoms with Crippen LogP contribution in [-0.2, 0) is 4.79 Å². The van der Waals surface area contributed by atoms with Gasteiger partial charge >= 0.3 is 0 Å². The van der Waals surface area contributed by atoms with E-state index in [0.29, 0.717) is 18.3 Å². The van der Waals surface area contributed by atoms with E-state index in [1.807, 2.05) is 13.8 Å². The fraction of sp³-hybridized carbons (Fsp3) is 0.500. The highest BCUT2D eigenvalue weighted by Gasteiger charge is 2.20. The van der Waals surface area contributed by atoms with Crippen molar-refractivity contribution in [1.29, 1.82) is 5.41 Å². The predicted octanol–water partition coefficient (Wildman–Crippen LogP) is 1.02. The maximum absolute atomic E-state index is 11.0. The quantitative estimate of drug-likeness (QED) is 0.630. The maximum atomic E-state index is 11.0. The van der Waals surface area contributed by atoms with Crippen LogP contribution >= 0.6 is 0 Å². The molecule has 0 aromatic heterocycles. The molecule has 0 radical (unpaired) electrons. The van der Waals surface area contributed by atoms with Crippen LogP contribution in [0, 0.1) is 11.3 Å². The maximum Gasteiger partial charge on any atom is 0.252 e. The van der Waals surface area contributed by atoms with E-state index in [4.69, 9.17) is 5.41 Å². The summed E-state index contributed by atoms with van der Waals surface area (Å²) in [5.74, 6) is 0.659. The van der Waals surface area contributed by atoms with Crippen molar-refractivity contribution in [2.45, 2.75) is 13.8 Å². The van der Waals surface area contributed by atoms with Crippen LogP contribution in [0.3, 0.4) is 0 Å². The Labute approximate surface area is 66.2 Å². The van der Waals surface area contributed by atoms with Crippen LogP contribution in [0.4, 0.5) is 0 Å². The van der Waals surface area contributed by atoms with E-state index in [1.54, 1.807) is 0 Å². The van der Waals surface area contributed by atoms with Gasteiger partial charge in [-0.05, 0) is 12.0 Å². The zero-order chi connectivity index (χ0) is 8.43. The molecule has 0 aliphatic carbocycles. The predicted molar refractivity (Wildman–Crippen MR) is 43.4 cm³/mol. The molecule has 0 atom stereocenters. The molecule has 60 valence electrons. The van der Waals surface area contributed by atoms with Gasteiger partial charge in [0.25, 0.3) is 5.91 Å². The van der Waals surface area contributed by atoms with Crippen molar-refractivity contribution in [1.82, 2.24) is 4.90 Å². The van der Waals surface area contributed by atoms with Gasteiger partial charge in [0, 0.05) is 12.6 Å². The zero-order valence-electron chi connectivity index (χ0n) is 6.79. The summed E-state index contributed by atoms with van der Waals surface area (Å²) in [7, 11) is 0. The van der Waals surface area contributed by atoms with Gasteiger partial charge in [0.1, 0.15) is 5.84 Å². The molecule has 1 heterocycles. The molecule has 1 aliphatic rings. The van der Waals surface area contributed by atoms with Gasteiger partial charge in [-0.25, -0.2) is 0 Å². The van der Waals surface area contributed by atoms with Crippen molar-refractivity contribution >= 4 is 11.7 Å². The Morgan fingerprint density at radius 3 is 2.55 bits per heavy atom. The number of rotatable bonds is 2. The molecule has 11 heavy (non-hydrogen) atoms. The SMILES string of the molecule is CC(C)CN1C(=N)C=CC1=O. The summed E-state index contributed by atoms with van der Waals surface area (Å²) in [6.45, 7) is 4.70. The highest BCUT2D eigenvalue weighted by Crippen LogP contribution is 2.06. The first-order valence-corrected chi connectivity index (χ1v) is 3.69. The number of carbonyl (C=O) groups is 1. The lowest BCUT2D eigenvalue weighted by Crippen LogP contribution is -2.32. The van der Waals surface area contributed by atoms with E-state index in [0.717, 1.165) is 0 Å². The average molecular weight is 152 g/mol. The minimum absolute atomic E-state index is 0.0660. The van der Waals surface area contributed by atoms with E-state index in [9.17, 15) is 4.79 Å². The van der Waals surface area contributed by atoms with Crippen molar-refractivity contribution in [3.63, 3.8) is 0 Å². The van der Waals surface area contributed by atoms with Crippen LogP contribution in [0.1, 0.15) is 13.8 Å². The molecule has 0 saturated carbocycles. The number of hydrogen-bond donors (Lipinski definition) is 1. The molecular weight excluding hydrogens is 140 g/mol. The standard InChI is InChI=1S/C8H12N2O/c1-6(2)5-10-7(9)3-4-8(10)11/h3-4,6,9H,5H2,1-2H3. The van der Waals surface area contributed by atoms with Gasteiger partial charge in [0.2, 0.25) is 0 Å². The third-order valence-electron chi connectivity index (χ3n) is 1.49. The number of amides is 1. The minimum atomic E-state index is -0.0660. The molecule has 0 aromatic rings. The Morgan fingerprint density at radius 1 is 1.55 bits per heavy atom. The van der Waals surface area contributed by atoms with Crippen molar-refractivity contribution in [3.05, 3.63) is 12.2 Å². The second-order valence-electron chi connectivity index (χ2n) is 3.06. The third-order valence-corrected chi connectivity index (χ3v) is 1.49. The lowest BCUT2D eigenvalue weighted by atomic mass is 10.2. The summed E-state index contributed by atoms with van der Waals surface area (Å²) in [5.41, 5.74) is 0. The molecule has 3 nitrogen and oxygen atoms in total. The molecule has 0 saturated heterocycles. The highest BCUT2D eigenvalue weighted by molar-refractivity contribution is 6.14. The summed E-state index contributed by atoms with van der Waals surface area (Å²) < 4.78 is 0. The van der Waals surface area contributed by atoms with Crippen molar-refractivity contribution < 1.29 is 4.79 Å². The number of nitrogens with one attached hydrogen (secondary N) is 1. The van der Waals surface area contributed by atoms with E-state index in [2.05, 4.69) is 0 Å². The average Bonchev–Trinajstić information content (AvgIpc) is 2.18. The first-order chi connectivity index (χ1) is 5.11. The highest BCUT2D eigenvalue weighted by atomic mass is 16.2. The van der Waals surface area contributed by atoms with Crippen LogP contribution in [0.5, 0.6) is 0 Å². The molecule has 0 bridgehead atoms. The van der Waals surface area contributed by atoms with E-state index in [1.165, 1.54) is 17.1 Å². The molecular formula is C8H12N2O. The van der Waals surface area contributed by atoms with Gasteiger partial charge in [-0.15, -0.1) is 0 Å². The largest absolute Gasteiger partial charge is 0.293 e. The fourth-order valence-corrected chi connectivity index (χ4v) is 1.00. The molecule has 1 aliphatic heterocycles. The molecule has 0 unspecified atom stereocenters. The van der Waals surface area contributed by atoms with Gasteiger partial charge in [-0.2, -0.15) is 0 Å². The Bertz CT molecular complexity index is 200. The summed E-state index contributed by atoms with van der Waals surface area (Å²) in [6, 6.07) is 0. The lowest BCUT2D eigenvalue weighted by molar-refractivity contribution is -0.122. The molecule has 1 N–H and O–H groups in total. The molecule has 1 rings (SSSR count). The number of hydrogen-bond acceptors (Lipinski definition) is 2. The monoisotopic (exact) mass is 152 g/mol. The number of carbonyl (C=O) groups excluding carboxylic acids is 1. The van der Waals surface area contributed by atoms with Crippen LogP contribution in [0.25, 0.3) is 0 Å². The Morgan fingerprint density at radius 2 is 2.18 bits per heavy atom. The summed E-state index contributed by atoms with van der Waals surface area (Å²) >= 11 is 0. The Balaban J connectivity index is 2.59. The van der Waals surface area contributed by atoms with Crippen LogP contribution in [0.2, 0.25) is 0 Å². The van der Waals surface area contributed by atoms with Gasteiger partial charge in [-0.1, -0.05) is 13.8 Å². The van der Waals surface area contributed by atoms with E-state index in [-0.39, 0.29) is 5.91 Å². The molecule has 1 amide bonds. The summed E-state index contributed by atoms with van der Waals surface area (Å²) in [4.78, 5) is 12.5. The first kappa shape index (κ1) is 7.98. The number of amidine groups is 1. The van der Waals surface area contributed by atoms with Crippen LogP contribution in [0.15, 0.2) is 12.2 Å². The molecule has 0 aromatic carbocycles. The van der Waals surface area contributed by atoms with Gasteiger partial charge < -0.3 is 0 Å². The summed E-state index contributed by atoms with van der Waals surface area (Å²) in [6.07, 6.45) is 2.97. The van der Waals surface area contributed by atoms with E-state index < -0.39 is 0 Å². The second-order valence-corrected chi connectivity index (χ2v) is 3.06. The second kappa shape index (κ2) is 2.86. The van der Waals surface area contributed by atoms with Gasteiger partial charge in [-0.3, -0.25) is 15.1 Å². The third kappa shape index (κ3) is 1.67. The Hall–Kier alpha value is -1.12. The van der Waals surface area contributed by atoms with Gasteiger partial charge in [0.15, 0.2) is 0 Å². The van der Waals surface area contributed by atoms with Crippen LogP contribution < -0.4 is 0 Å². The zero-order valence-corrected chi connectivity index (χ0v) is 6.79. The van der Waals surface area contributed by atoms with Gasteiger partial charge in [0.05, 0.1) is 0 Å². The van der Waals surface area contributed by atoms with E-state index >= 15 is 0 Å². The molecule has 0 spiro atoms. The molecule has 0 fully saturated rings. The van der Waals surface area contributed by atoms with Crippen LogP contribution in [-0.4, -0.2) is 23.2 Å². The topological polar surface area (TPSA) is 44.2 Å². The fourth-order valence-electron chi connectivity index (χ4n) is 1.00. The Kier molecular flexibility index (Phi) is 2.08.